The number of likely N-dealkylation sites (N-methyl/N-ethyl adjacent to an activating group) is 1. The van der Waals surface area contributed by atoms with Crippen LogP contribution in [0.25, 0.3) is 5.57 Å². The molecule has 0 saturated carbocycles. The van der Waals surface area contributed by atoms with Crippen LogP contribution in [0.5, 0.6) is 0 Å². The second-order valence-corrected chi connectivity index (χ2v) is 5.93. The van der Waals surface area contributed by atoms with Gasteiger partial charge in [0.1, 0.15) is 11.6 Å². The second kappa shape index (κ2) is 7.52. The highest BCUT2D eigenvalue weighted by molar-refractivity contribution is 5.90. The zero-order valence-electron chi connectivity index (χ0n) is 13.8. The van der Waals surface area contributed by atoms with Crippen LogP contribution in [0.3, 0.4) is 0 Å². The number of rotatable bonds is 5. The summed E-state index contributed by atoms with van der Waals surface area (Å²) in [6.07, 6.45) is 3.21. The highest BCUT2D eigenvalue weighted by Gasteiger charge is 2.16. The molecule has 2 aromatic rings. The molecule has 0 unspecified atom stereocenters. The van der Waals surface area contributed by atoms with Gasteiger partial charge in [0, 0.05) is 32.0 Å². The number of amides is 1. The molecule has 25 heavy (non-hydrogen) atoms. The summed E-state index contributed by atoms with van der Waals surface area (Å²) in [6.45, 7) is 1.77. The van der Waals surface area contributed by atoms with E-state index in [1.165, 1.54) is 6.07 Å². The van der Waals surface area contributed by atoms with Gasteiger partial charge in [0.15, 0.2) is 5.82 Å². The van der Waals surface area contributed by atoms with Crippen molar-refractivity contribution in [2.45, 2.75) is 19.3 Å². The van der Waals surface area contributed by atoms with E-state index >= 15 is 0 Å². The number of aryl methyl sites for hydroxylation is 1. The Balaban J connectivity index is 1.54. The lowest BCUT2D eigenvalue weighted by Gasteiger charge is -2.19. The molecular formula is C17H18F2N4O2. The molecule has 2 heterocycles. The fourth-order valence-electron chi connectivity index (χ4n) is 2.48. The van der Waals surface area contributed by atoms with E-state index in [-0.39, 0.29) is 18.5 Å². The first-order chi connectivity index (χ1) is 12.0. The summed E-state index contributed by atoms with van der Waals surface area (Å²) < 4.78 is 31.5. The van der Waals surface area contributed by atoms with Gasteiger partial charge in [-0.15, -0.1) is 0 Å². The fourth-order valence-corrected chi connectivity index (χ4v) is 2.48. The number of hydrogen-bond acceptors (Lipinski definition) is 5. The van der Waals surface area contributed by atoms with Gasteiger partial charge in [0.25, 0.3) is 0 Å². The highest BCUT2D eigenvalue weighted by Crippen LogP contribution is 2.19. The van der Waals surface area contributed by atoms with Gasteiger partial charge in [-0.05, 0) is 31.2 Å². The van der Waals surface area contributed by atoms with Crippen LogP contribution < -0.4 is 5.32 Å². The maximum absolute atomic E-state index is 13.5. The van der Waals surface area contributed by atoms with Gasteiger partial charge in [0.2, 0.25) is 11.8 Å². The van der Waals surface area contributed by atoms with Crippen LogP contribution in [0.4, 0.5) is 14.5 Å². The molecule has 1 aromatic heterocycles. The second-order valence-electron chi connectivity index (χ2n) is 5.93. The smallest absolute Gasteiger partial charge is 0.227 e. The van der Waals surface area contributed by atoms with Gasteiger partial charge in [0.05, 0.1) is 5.69 Å². The molecular weight excluding hydrogens is 330 g/mol. The first kappa shape index (κ1) is 17.2. The third kappa shape index (κ3) is 4.48. The fraction of sp³-hybridized carbons (Fsp3) is 0.353. The van der Waals surface area contributed by atoms with Crippen molar-refractivity contribution >= 4 is 17.2 Å². The maximum atomic E-state index is 13.5. The van der Waals surface area contributed by atoms with Crippen molar-refractivity contribution < 1.29 is 18.1 Å². The number of halogens is 2. The molecule has 1 aliphatic heterocycles. The van der Waals surface area contributed by atoms with Gasteiger partial charge in [-0.3, -0.25) is 4.79 Å². The van der Waals surface area contributed by atoms with E-state index in [0.717, 1.165) is 37.2 Å². The predicted octanol–water partition coefficient (Wildman–Crippen LogP) is 2.64. The van der Waals surface area contributed by atoms with E-state index in [9.17, 15) is 13.6 Å². The van der Waals surface area contributed by atoms with Crippen molar-refractivity contribution in [1.82, 2.24) is 15.0 Å². The predicted molar refractivity (Wildman–Crippen MR) is 87.7 cm³/mol. The number of nitrogens with zero attached hydrogens (tertiary/aromatic N) is 3. The van der Waals surface area contributed by atoms with Crippen LogP contribution in [-0.2, 0) is 11.2 Å². The van der Waals surface area contributed by atoms with Crippen molar-refractivity contribution in [1.29, 1.82) is 0 Å². The Morgan fingerprint density at radius 2 is 2.24 bits per heavy atom. The Hall–Kier alpha value is -2.61. The van der Waals surface area contributed by atoms with Gasteiger partial charge in [-0.25, -0.2) is 8.78 Å². The number of hydrogen-bond donors (Lipinski definition) is 1. The van der Waals surface area contributed by atoms with Gasteiger partial charge < -0.3 is 14.7 Å². The van der Waals surface area contributed by atoms with Crippen molar-refractivity contribution in [3.8, 4) is 0 Å². The molecule has 3 rings (SSSR count). The minimum atomic E-state index is -0.817. The van der Waals surface area contributed by atoms with E-state index in [4.69, 9.17) is 4.52 Å². The third-order valence-corrected chi connectivity index (χ3v) is 3.94. The topological polar surface area (TPSA) is 71.3 Å². The molecule has 0 aliphatic carbocycles. The number of benzene rings is 1. The largest absolute Gasteiger partial charge is 0.339 e. The van der Waals surface area contributed by atoms with Crippen LogP contribution in [0, 0.1) is 11.6 Å². The minimum absolute atomic E-state index is 0.0558. The van der Waals surface area contributed by atoms with E-state index < -0.39 is 17.5 Å². The molecule has 0 atom stereocenters. The Bertz CT molecular complexity index is 804. The number of nitrogens with one attached hydrogen (secondary N) is 1. The average Bonchev–Trinajstić information content (AvgIpc) is 3.05. The number of carbonyl (C=O) groups is 1. The zero-order valence-corrected chi connectivity index (χ0v) is 13.8. The maximum Gasteiger partial charge on any atom is 0.227 e. The van der Waals surface area contributed by atoms with Crippen molar-refractivity contribution in [2.75, 3.05) is 25.5 Å². The van der Waals surface area contributed by atoms with Crippen molar-refractivity contribution in [3.63, 3.8) is 0 Å². The van der Waals surface area contributed by atoms with Crippen molar-refractivity contribution in [3.05, 3.63) is 47.6 Å². The molecule has 132 valence electrons. The molecule has 1 aromatic carbocycles. The molecule has 0 saturated heterocycles. The number of carbonyl (C=O) groups excluding carboxylic acids is 1. The van der Waals surface area contributed by atoms with E-state index in [2.05, 4.69) is 26.4 Å². The lowest BCUT2D eigenvalue weighted by molar-refractivity contribution is -0.116. The monoisotopic (exact) mass is 348 g/mol. The van der Waals surface area contributed by atoms with Crippen LogP contribution in [-0.4, -0.2) is 41.1 Å². The zero-order chi connectivity index (χ0) is 17.8. The lowest BCUT2D eigenvalue weighted by atomic mass is 10.1. The first-order valence-electron chi connectivity index (χ1n) is 7.96. The molecule has 0 radical (unpaired) electrons. The standard InChI is InChI=1S/C17H18F2N4O2/c1-23-8-6-11(7-9-23)17-21-16(25-22-17)5-4-15(24)20-14-3-2-12(18)10-13(14)19/h2-3,6,10H,4-5,7-9H2,1H3,(H,20,24). The van der Waals surface area contributed by atoms with Gasteiger partial charge in [-0.2, -0.15) is 4.98 Å². The summed E-state index contributed by atoms with van der Waals surface area (Å²) in [7, 11) is 2.04. The Kier molecular flexibility index (Phi) is 5.18. The summed E-state index contributed by atoms with van der Waals surface area (Å²) in [5.74, 6) is -1.03. The first-order valence-corrected chi connectivity index (χ1v) is 7.96. The van der Waals surface area contributed by atoms with Crippen LogP contribution in [0.2, 0.25) is 0 Å². The summed E-state index contributed by atoms with van der Waals surface area (Å²) in [5.41, 5.74) is 0.972. The van der Waals surface area contributed by atoms with Crippen LogP contribution >= 0.6 is 0 Å². The quantitative estimate of drug-likeness (QED) is 0.899. The van der Waals surface area contributed by atoms with E-state index in [1.807, 2.05) is 7.05 Å². The third-order valence-electron chi connectivity index (χ3n) is 3.94. The average molecular weight is 348 g/mol. The van der Waals surface area contributed by atoms with Gasteiger partial charge in [-0.1, -0.05) is 11.2 Å². The molecule has 8 heteroatoms. The Morgan fingerprint density at radius 3 is 2.96 bits per heavy atom. The Labute approximate surface area is 143 Å². The summed E-state index contributed by atoms with van der Waals surface area (Å²) in [5, 5.41) is 6.34. The lowest BCUT2D eigenvalue weighted by Crippen LogP contribution is -2.23. The normalized spacial score (nSPS) is 15.1. The summed E-state index contributed by atoms with van der Waals surface area (Å²) in [4.78, 5) is 18.4. The Morgan fingerprint density at radius 1 is 1.40 bits per heavy atom. The van der Waals surface area contributed by atoms with Crippen LogP contribution in [0.15, 0.2) is 28.8 Å². The van der Waals surface area contributed by atoms with Crippen molar-refractivity contribution in [2.24, 2.45) is 0 Å². The summed E-state index contributed by atoms with van der Waals surface area (Å²) >= 11 is 0. The SMILES string of the molecule is CN1CC=C(c2noc(CCC(=O)Nc3ccc(F)cc3F)n2)CC1. The molecule has 1 N–H and O–H groups in total. The summed E-state index contributed by atoms with van der Waals surface area (Å²) in [6, 6.07) is 2.98. The minimum Gasteiger partial charge on any atom is -0.339 e. The molecule has 0 bridgehead atoms. The molecule has 1 aliphatic rings. The highest BCUT2D eigenvalue weighted by atomic mass is 19.1. The molecule has 0 spiro atoms. The van der Waals surface area contributed by atoms with Gasteiger partial charge >= 0.3 is 0 Å². The molecule has 0 fully saturated rings. The number of anilines is 1. The van der Waals surface area contributed by atoms with Crippen LogP contribution in [0.1, 0.15) is 24.6 Å². The molecule has 1 amide bonds. The van der Waals surface area contributed by atoms with E-state index in [1.54, 1.807) is 0 Å². The van der Waals surface area contributed by atoms with E-state index in [0.29, 0.717) is 11.7 Å². The number of aromatic nitrogens is 2. The molecule has 6 nitrogen and oxygen atoms in total.